The van der Waals surface area contributed by atoms with Crippen LogP contribution in [0.4, 0.5) is 0 Å². The molecule has 0 spiro atoms. The van der Waals surface area contributed by atoms with E-state index in [4.69, 9.17) is 0 Å². The van der Waals surface area contributed by atoms with Crippen LogP contribution in [0.25, 0.3) is 0 Å². The van der Waals surface area contributed by atoms with Gasteiger partial charge in [0, 0.05) is 18.7 Å². The van der Waals surface area contributed by atoms with E-state index >= 15 is 0 Å². The molecule has 0 aliphatic carbocycles. The maximum atomic E-state index is 11.9. The first-order chi connectivity index (χ1) is 6.77. The van der Waals surface area contributed by atoms with Crippen molar-refractivity contribution in [2.24, 2.45) is 0 Å². The van der Waals surface area contributed by atoms with E-state index in [9.17, 15) is 4.79 Å². The minimum atomic E-state index is 0.124. The molecule has 0 saturated carbocycles. The van der Waals surface area contributed by atoms with Gasteiger partial charge in [0.25, 0.3) is 5.91 Å². The first-order valence-corrected chi connectivity index (χ1v) is 4.84. The first kappa shape index (κ1) is 9.21. The van der Waals surface area contributed by atoms with Gasteiger partial charge in [0.05, 0.1) is 6.67 Å². The SMILES string of the molecule is Cc1cccc(C(=O)N2CCNC2)c1. The number of aryl methyl sites for hydroxylation is 1. The van der Waals surface area contributed by atoms with Gasteiger partial charge in [0.15, 0.2) is 0 Å². The Morgan fingerprint density at radius 1 is 1.50 bits per heavy atom. The number of hydrogen-bond acceptors (Lipinski definition) is 2. The van der Waals surface area contributed by atoms with Gasteiger partial charge in [-0.1, -0.05) is 17.7 Å². The van der Waals surface area contributed by atoms with E-state index in [0.29, 0.717) is 6.67 Å². The van der Waals surface area contributed by atoms with Crippen LogP contribution in [0.2, 0.25) is 0 Å². The zero-order valence-corrected chi connectivity index (χ0v) is 8.29. The van der Waals surface area contributed by atoms with Crippen LogP contribution in [0.3, 0.4) is 0 Å². The molecule has 2 rings (SSSR count). The largest absolute Gasteiger partial charge is 0.325 e. The molecule has 0 bridgehead atoms. The topological polar surface area (TPSA) is 32.3 Å². The molecule has 1 aromatic rings. The number of benzene rings is 1. The minimum Gasteiger partial charge on any atom is -0.325 e. The summed E-state index contributed by atoms with van der Waals surface area (Å²) in [6, 6.07) is 7.72. The second kappa shape index (κ2) is 3.80. The minimum absolute atomic E-state index is 0.124. The molecule has 0 radical (unpaired) electrons. The van der Waals surface area contributed by atoms with Gasteiger partial charge in [-0.3, -0.25) is 10.1 Å². The maximum absolute atomic E-state index is 11.9. The van der Waals surface area contributed by atoms with Crippen LogP contribution in [0.5, 0.6) is 0 Å². The molecule has 0 aromatic heterocycles. The summed E-state index contributed by atoms with van der Waals surface area (Å²) in [6.07, 6.45) is 0. The van der Waals surface area contributed by atoms with Crippen molar-refractivity contribution in [3.05, 3.63) is 35.4 Å². The molecule has 1 heterocycles. The zero-order valence-electron chi connectivity index (χ0n) is 8.29. The summed E-state index contributed by atoms with van der Waals surface area (Å²) in [6.45, 7) is 4.39. The highest BCUT2D eigenvalue weighted by Crippen LogP contribution is 2.08. The molecule has 1 fully saturated rings. The molecule has 3 heteroatoms. The average Bonchev–Trinajstić information content (AvgIpc) is 2.69. The van der Waals surface area contributed by atoms with E-state index < -0.39 is 0 Å². The summed E-state index contributed by atoms with van der Waals surface area (Å²) in [5.41, 5.74) is 1.91. The number of carbonyl (C=O) groups excluding carboxylic acids is 1. The molecular weight excluding hydrogens is 176 g/mol. The lowest BCUT2D eigenvalue weighted by atomic mass is 10.1. The summed E-state index contributed by atoms with van der Waals surface area (Å²) < 4.78 is 0. The van der Waals surface area contributed by atoms with Gasteiger partial charge < -0.3 is 4.90 Å². The molecular formula is C11H14N2O. The molecule has 1 saturated heterocycles. The van der Waals surface area contributed by atoms with Crippen LogP contribution in [-0.4, -0.2) is 30.6 Å². The van der Waals surface area contributed by atoms with E-state index in [-0.39, 0.29) is 5.91 Å². The third-order valence-electron chi connectivity index (χ3n) is 2.41. The molecule has 1 aromatic carbocycles. The van der Waals surface area contributed by atoms with Crippen LogP contribution in [0.15, 0.2) is 24.3 Å². The van der Waals surface area contributed by atoms with E-state index in [2.05, 4.69) is 5.32 Å². The number of nitrogens with zero attached hydrogens (tertiary/aromatic N) is 1. The second-order valence-corrected chi connectivity index (χ2v) is 3.60. The van der Waals surface area contributed by atoms with Gasteiger partial charge in [-0.25, -0.2) is 0 Å². The van der Waals surface area contributed by atoms with Gasteiger partial charge in [-0.2, -0.15) is 0 Å². The summed E-state index contributed by atoms with van der Waals surface area (Å²) in [7, 11) is 0. The maximum Gasteiger partial charge on any atom is 0.254 e. The third-order valence-corrected chi connectivity index (χ3v) is 2.41. The van der Waals surface area contributed by atoms with Gasteiger partial charge in [0.2, 0.25) is 0 Å². The highest BCUT2D eigenvalue weighted by atomic mass is 16.2. The number of carbonyl (C=O) groups is 1. The Balaban J connectivity index is 2.17. The predicted molar refractivity (Wildman–Crippen MR) is 55.1 cm³/mol. The number of nitrogens with one attached hydrogen (secondary N) is 1. The highest BCUT2D eigenvalue weighted by molar-refractivity contribution is 5.94. The van der Waals surface area contributed by atoms with E-state index in [1.165, 1.54) is 0 Å². The summed E-state index contributed by atoms with van der Waals surface area (Å²) >= 11 is 0. The molecule has 1 N–H and O–H groups in total. The zero-order chi connectivity index (χ0) is 9.97. The van der Waals surface area contributed by atoms with E-state index in [1.54, 1.807) is 0 Å². The summed E-state index contributed by atoms with van der Waals surface area (Å²) in [5, 5.41) is 3.14. The summed E-state index contributed by atoms with van der Waals surface area (Å²) in [4.78, 5) is 13.7. The monoisotopic (exact) mass is 190 g/mol. The molecule has 0 atom stereocenters. The number of amides is 1. The molecule has 1 amide bonds. The Hall–Kier alpha value is -1.35. The van der Waals surface area contributed by atoms with Gasteiger partial charge >= 0.3 is 0 Å². The molecule has 1 aliphatic heterocycles. The number of rotatable bonds is 1. The number of hydrogen-bond donors (Lipinski definition) is 1. The first-order valence-electron chi connectivity index (χ1n) is 4.84. The fraction of sp³-hybridized carbons (Fsp3) is 0.364. The van der Waals surface area contributed by atoms with Crippen molar-refractivity contribution >= 4 is 5.91 Å². The van der Waals surface area contributed by atoms with Crippen molar-refractivity contribution in [1.29, 1.82) is 0 Å². The standard InChI is InChI=1S/C11H14N2O/c1-9-3-2-4-10(7-9)11(14)13-6-5-12-8-13/h2-4,7,12H,5-6,8H2,1H3. The quantitative estimate of drug-likeness (QED) is 0.716. The predicted octanol–water partition coefficient (Wildman–Crippen LogP) is 0.998. The molecule has 3 nitrogen and oxygen atoms in total. The molecule has 1 aliphatic rings. The van der Waals surface area contributed by atoms with Crippen LogP contribution >= 0.6 is 0 Å². The summed E-state index contributed by atoms with van der Waals surface area (Å²) in [5.74, 6) is 0.124. The van der Waals surface area contributed by atoms with Crippen molar-refractivity contribution in [3.63, 3.8) is 0 Å². The average molecular weight is 190 g/mol. The lowest BCUT2D eigenvalue weighted by molar-refractivity contribution is 0.0791. The van der Waals surface area contributed by atoms with Gasteiger partial charge in [0.1, 0.15) is 0 Å². The van der Waals surface area contributed by atoms with Crippen LogP contribution in [0, 0.1) is 6.92 Å². The van der Waals surface area contributed by atoms with Crippen molar-refractivity contribution in [1.82, 2.24) is 10.2 Å². The lowest BCUT2D eigenvalue weighted by Crippen LogP contribution is -2.29. The molecule has 74 valence electrons. The smallest absolute Gasteiger partial charge is 0.254 e. The van der Waals surface area contributed by atoms with Crippen LogP contribution in [0.1, 0.15) is 15.9 Å². The van der Waals surface area contributed by atoms with Crippen LogP contribution < -0.4 is 5.32 Å². The molecule has 0 unspecified atom stereocenters. The van der Waals surface area contributed by atoms with Gasteiger partial charge in [-0.05, 0) is 19.1 Å². The van der Waals surface area contributed by atoms with Crippen molar-refractivity contribution < 1.29 is 4.79 Å². The molecule has 14 heavy (non-hydrogen) atoms. The third kappa shape index (κ3) is 1.77. The van der Waals surface area contributed by atoms with Crippen molar-refractivity contribution in [2.75, 3.05) is 19.8 Å². The van der Waals surface area contributed by atoms with Crippen LogP contribution in [-0.2, 0) is 0 Å². The lowest BCUT2D eigenvalue weighted by Gasteiger charge is -2.14. The fourth-order valence-corrected chi connectivity index (χ4v) is 1.64. The van der Waals surface area contributed by atoms with Crippen molar-refractivity contribution in [2.45, 2.75) is 6.92 Å². The Bertz CT molecular complexity index is 343. The Kier molecular flexibility index (Phi) is 2.50. The second-order valence-electron chi connectivity index (χ2n) is 3.60. The van der Waals surface area contributed by atoms with E-state index in [0.717, 1.165) is 24.2 Å². The van der Waals surface area contributed by atoms with Crippen molar-refractivity contribution in [3.8, 4) is 0 Å². The van der Waals surface area contributed by atoms with Gasteiger partial charge in [-0.15, -0.1) is 0 Å². The normalized spacial score (nSPS) is 15.9. The Morgan fingerprint density at radius 2 is 2.36 bits per heavy atom. The highest BCUT2D eigenvalue weighted by Gasteiger charge is 2.18. The Morgan fingerprint density at radius 3 is 3.00 bits per heavy atom. The van der Waals surface area contributed by atoms with E-state index in [1.807, 2.05) is 36.1 Å². The Labute approximate surface area is 83.7 Å². The fourth-order valence-electron chi connectivity index (χ4n) is 1.64.